The number of benzene rings is 2. The number of ether oxygens (including phenoxy) is 1. The second-order valence-corrected chi connectivity index (χ2v) is 6.39. The van der Waals surface area contributed by atoms with Crippen molar-refractivity contribution in [1.29, 1.82) is 0 Å². The number of aliphatic imine (C=N–C) groups is 1. The van der Waals surface area contributed by atoms with Gasteiger partial charge in [-0.25, -0.2) is 4.39 Å². The molecular formula is C21H27FN4O2. The molecule has 0 aromatic heterocycles. The van der Waals surface area contributed by atoms with Crippen molar-refractivity contribution in [3.05, 3.63) is 59.9 Å². The number of hydrogen-bond acceptors (Lipinski definition) is 3. The molecule has 150 valence electrons. The van der Waals surface area contributed by atoms with Crippen molar-refractivity contribution < 1.29 is 13.9 Å². The van der Waals surface area contributed by atoms with Crippen molar-refractivity contribution in [3.8, 4) is 5.75 Å². The first-order valence-electron chi connectivity index (χ1n) is 9.19. The fraction of sp³-hybridized carbons (Fsp3) is 0.333. The van der Waals surface area contributed by atoms with E-state index in [2.05, 4.69) is 20.9 Å². The zero-order chi connectivity index (χ0) is 20.4. The van der Waals surface area contributed by atoms with E-state index in [4.69, 9.17) is 4.74 Å². The van der Waals surface area contributed by atoms with E-state index in [0.29, 0.717) is 24.8 Å². The van der Waals surface area contributed by atoms with Gasteiger partial charge in [-0.3, -0.25) is 9.79 Å². The second kappa shape index (κ2) is 10.9. The average molecular weight is 386 g/mol. The first-order valence-corrected chi connectivity index (χ1v) is 9.19. The Morgan fingerprint density at radius 2 is 1.93 bits per heavy atom. The van der Waals surface area contributed by atoms with E-state index in [9.17, 15) is 9.18 Å². The van der Waals surface area contributed by atoms with Crippen molar-refractivity contribution in [2.75, 3.05) is 25.5 Å². The molecule has 0 radical (unpaired) electrons. The second-order valence-electron chi connectivity index (χ2n) is 6.39. The molecule has 0 aliphatic heterocycles. The van der Waals surface area contributed by atoms with Gasteiger partial charge in [0.15, 0.2) is 5.96 Å². The summed E-state index contributed by atoms with van der Waals surface area (Å²) in [6.07, 6.45) is 0.665. The van der Waals surface area contributed by atoms with E-state index in [1.54, 1.807) is 19.2 Å². The molecule has 0 spiro atoms. The van der Waals surface area contributed by atoms with Crippen LogP contribution >= 0.6 is 0 Å². The average Bonchev–Trinajstić information content (AvgIpc) is 2.65. The summed E-state index contributed by atoms with van der Waals surface area (Å²) < 4.78 is 18.9. The molecule has 2 aromatic carbocycles. The van der Waals surface area contributed by atoms with Gasteiger partial charge in [0, 0.05) is 32.3 Å². The van der Waals surface area contributed by atoms with Gasteiger partial charge in [0.05, 0.1) is 6.54 Å². The first kappa shape index (κ1) is 21.2. The summed E-state index contributed by atoms with van der Waals surface area (Å²) >= 11 is 0. The molecule has 1 atom stereocenters. The summed E-state index contributed by atoms with van der Waals surface area (Å²) in [5.41, 5.74) is 1.94. The van der Waals surface area contributed by atoms with Crippen LogP contribution in [0.3, 0.4) is 0 Å². The van der Waals surface area contributed by atoms with Crippen molar-refractivity contribution in [2.45, 2.75) is 26.4 Å². The Morgan fingerprint density at radius 1 is 1.18 bits per heavy atom. The van der Waals surface area contributed by atoms with Crippen LogP contribution in [-0.4, -0.2) is 38.1 Å². The van der Waals surface area contributed by atoms with Gasteiger partial charge < -0.3 is 20.7 Å². The van der Waals surface area contributed by atoms with Crippen molar-refractivity contribution in [3.63, 3.8) is 0 Å². The third-order valence-electron chi connectivity index (χ3n) is 3.89. The van der Waals surface area contributed by atoms with Crippen LogP contribution in [0.2, 0.25) is 0 Å². The van der Waals surface area contributed by atoms with E-state index in [1.807, 2.05) is 31.2 Å². The number of nitrogens with one attached hydrogen (secondary N) is 3. The molecule has 2 aromatic rings. The monoisotopic (exact) mass is 386 g/mol. The third-order valence-corrected chi connectivity index (χ3v) is 3.89. The van der Waals surface area contributed by atoms with Gasteiger partial charge >= 0.3 is 0 Å². The number of halogens is 1. The Morgan fingerprint density at radius 3 is 2.57 bits per heavy atom. The van der Waals surface area contributed by atoms with Gasteiger partial charge in [-0.2, -0.15) is 0 Å². The minimum absolute atomic E-state index is 0.0834. The molecule has 0 aliphatic rings. The van der Waals surface area contributed by atoms with Crippen LogP contribution in [0.5, 0.6) is 5.75 Å². The molecule has 1 amide bonds. The number of carbonyl (C=O) groups excluding carboxylic acids is 1. The van der Waals surface area contributed by atoms with Gasteiger partial charge in [0.1, 0.15) is 17.7 Å². The molecule has 0 aliphatic carbocycles. The lowest BCUT2D eigenvalue weighted by Crippen LogP contribution is -2.42. The van der Waals surface area contributed by atoms with E-state index < -0.39 is 0 Å². The molecule has 0 fully saturated rings. The summed E-state index contributed by atoms with van der Waals surface area (Å²) in [5.74, 6) is 0.768. The number of carbonyl (C=O) groups is 1. The smallest absolute Gasteiger partial charge is 0.221 e. The summed E-state index contributed by atoms with van der Waals surface area (Å²) in [4.78, 5) is 15.2. The van der Waals surface area contributed by atoms with Crippen LogP contribution < -0.4 is 20.7 Å². The van der Waals surface area contributed by atoms with Crippen LogP contribution in [0.1, 0.15) is 19.4 Å². The highest BCUT2D eigenvalue weighted by atomic mass is 19.1. The summed E-state index contributed by atoms with van der Waals surface area (Å²) in [6.45, 7) is 4.63. The first-order chi connectivity index (χ1) is 13.5. The third kappa shape index (κ3) is 7.65. The predicted octanol–water partition coefficient (Wildman–Crippen LogP) is 2.96. The van der Waals surface area contributed by atoms with Crippen LogP contribution in [0, 0.1) is 5.82 Å². The molecule has 0 saturated carbocycles. The Labute approximate surface area is 165 Å². The molecule has 28 heavy (non-hydrogen) atoms. The highest BCUT2D eigenvalue weighted by molar-refractivity contribution is 5.88. The summed E-state index contributed by atoms with van der Waals surface area (Å²) in [6, 6.07) is 13.8. The fourth-order valence-corrected chi connectivity index (χ4v) is 2.56. The van der Waals surface area contributed by atoms with Crippen molar-refractivity contribution >= 4 is 17.6 Å². The van der Waals surface area contributed by atoms with Crippen LogP contribution in [0.4, 0.5) is 10.1 Å². The molecule has 1 unspecified atom stereocenters. The van der Waals surface area contributed by atoms with Crippen LogP contribution in [0.15, 0.2) is 53.5 Å². The molecule has 2 rings (SSSR count). The minimum Gasteiger partial charge on any atom is -0.489 e. The van der Waals surface area contributed by atoms with Crippen molar-refractivity contribution in [1.82, 2.24) is 10.6 Å². The Kier molecular flexibility index (Phi) is 8.27. The Balaban J connectivity index is 1.71. The number of nitrogens with zero attached hydrogens (tertiary/aromatic N) is 1. The maximum absolute atomic E-state index is 13.2. The number of amides is 1. The van der Waals surface area contributed by atoms with Gasteiger partial charge in [0.25, 0.3) is 0 Å². The van der Waals surface area contributed by atoms with E-state index in [0.717, 1.165) is 17.7 Å². The van der Waals surface area contributed by atoms with Crippen LogP contribution in [-0.2, 0) is 11.2 Å². The summed E-state index contributed by atoms with van der Waals surface area (Å²) in [5, 5.41) is 9.19. The lowest BCUT2D eigenvalue weighted by Gasteiger charge is -2.18. The largest absolute Gasteiger partial charge is 0.489 e. The lowest BCUT2D eigenvalue weighted by atomic mass is 10.1. The van der Waals surface area contributed by atoms with Crippen LogP contribution in [0.25, 0.3) is 0 Å². The topological polar surface area (TPSA) is 74.8 Å². The van der Waals surface area contributed by atoms with Gasteiger partial charge in [-0.05, 0) is 43.2 Å². The maximum Gasteiger partial charge on any atom is 0.221 e. The van der Waals surface area contributed by atoms with Gasteiger partial charge in [0.2, 0.25) is 5.91 Å². The molecule has 0 bridgehead atoms. The number of anilines is 1. The number of hydrogen-bond donors (Lipinski definition) is 3. The normalized spacial score (nSPS) is 12.2. The number of guanidine groups is 1. The van der Waals surface area contributed by atoms with E-state index in [1.165, 1.54) is 19.1 Å². The Hall–Kier alpha value is -3.09. The van der Waals surface area contributed by atoms with Gasteiger partial charge in [-0.1, -0.05) is 18.2 Å². The van der Waals surface area contributed by atoms with E-state index >= 15 is 0 Å². The zero-order valence-electron chi connectivity index (χ0n) is 16.5. The number of rotatable bonds is 8. The van der Waals surface area contributed by atoms with Gasteiger partial charge in [-0.15, -0.1) is 0 Å². The summed E-state index contributed by atoms with van der Waals surface area (Å²) in [7, 11) is 1.70. The molecule has 6 nitrogen and oxygen atoms in total. The van der Waals surface area contributed by atoms with E-state index in [-0.39, 0.29) is 17.8 Å². The quantitative estimate of drug-likeness (QED) is 0.482. The zero-order valence-corrected chi connectivity index (χ0v) is 16.5. The highest BCUT2D eigenvalue weighted by Crippen LogP contribution is 2.13. The van der Waals surface area contributed by atoms with Crippen molar-refractivity contribution in [2.24, 2.45) is 4.99 Å². The molecular weight excluding hydrogens is 359 g/mol. The minimum atomic E-state index is -0.319. The Bertz CT molecular complexity index is 793. The maximum atomic E-state index is 13.2. The molecule has 0 saturated heterocycles. The fourth-order valence-electron chi connectivity index (χ4n) is 2.56. The highest BCUT2D eigenvalue weighted by Gasteiger charge is 2.06. The lowest BCUT2D eigenvalue weighted by molar-refractivity contribution is -0.114. The SMILES string of the molecule is CN=C(NCCc1ccc(NC(C)=O)cc1)NCC(C)Oc1cccc(F)c1. The molecule has 7 heteroatoms. The standard InChI is InChI=1S/C21H27FN4O2/c1-15(28-20-6-4-5-18(22)13-20)14-25-21(23-3)24-12-11-17-7-9-19(10-8-17)26-16(2)27/h4-10,13,15H,11-12,14H2,1-3H3,(H,26,27)(H2,23,24,25). The molecule has 3 N–H and O–H groups in total. The predicted molar refractivity (Wildman–Crippen MR) is 110 cm³/mol. The molecule has 0 heterocycles.